The molecule has 2 aromatic carbocycles. The van der Waals surface area contributed by atoms with Crippen LogP contribution in [0, 0.1) is 6.92 Å². The zero-order valence-corrected chi connectivity index (χ0v) is 10.9. The molecule has 0 spiro atoms. The van der Waals surface area contributed by atoms with Gasteiger partial charge in [-0.3, -0.25) is 0 Å². The molecule has 84 valence electrons. The van der Waals surface area contributed by atoms with E-state index >= 15 is 0 Å². The van der Waals surface area contributed by atoms with Gasteiger partial charge in [0.25, 0.3) is 0 Å². The quantitative estimate of drug-likeness (QED) is 0.655. The molecule has 0 saturated carbocycles. The van der Waals surface area contributed by atoms with Crippen LogP contribution in [0.2, 0.25) is 0 Å². The van der Waals surface area contributed by atoms with Crippen LogP contribution in [0.15, 0.2) is 51.5 Å². The van der Waals surface area contributed by atoms with Gasteiger partial charge >= 0.3 is 0 Å². The summed E-state index contributed by atoms with van der Waals surface area (Å²) in [6.45, 7) is 2.04. The molecule has 1 aromatic heterocycles. The maximum absolute atomic E-state index is 5.46. The van der Waals surface area contributed by atoms with E-state index < -0.39 is 0 Å². The van der Waals surface area contributed by atoms with E-state index in [1.54, 1.807) is 0 Å². The lowest BCUT2D eigenvalue weighted by molar-refractivity contribution is 0.440. The Kier molecular flexibility index (Phi) is 2.48. The summed E-state index contributed by atoms with van der Waals surface area (Å²) >= 11 is 3.42. The van der Waals surface area contributed by atoms with Gasteiger partial charge in [-0.25, -0.2) is 0 Å². The summed E-state index contributed by atoms with van der Waals surface area (Å²) in [5.74, 6) is 0.830. The van der Waals surface area contributed by atoms with Crippen molar-refractivity contribution in [1.82, 2.24) is 5.16 Å². The Morgan fingerprint density at radius 1 is 1.06 bits per heavy atom. The molecule has 0 saturated heterocycles. The van der Waals surface area contributed by atoms with Gasteiger partial charge in [-0.05, 0) is 42.8 Å². The van der Waals surface area contributed by atoms with Crippen molar-refractivity contribution in [1.29, 1.82) is 0 Å². The molecule has 1 heterocycles. The van der Waals surface area contributed by atoms with Crippen LogP contribution < -0.4 is 0 Å². The highest BCUT2D eigenvalue weighted by Crippen LogP contribution is 2.30. The number of nitrogens with zero attached hydrogens (tertiary/aromatic N) is 1. The summed E-state index contributed by atoms with van der Waals surface area (Å²) in [5.41, 5.74) is 3.11. The van der Waals surface area contributed by atoms with Gasteiger partial charge in [0.15, 0.2) is 5.76 Å². The van der Waals surface area contributed by atoms with Crippen molar-refractivity contribution in [3.05, 3.63) is 52.5 Å². The zero-order valence-electron chi connectivity index (χ0n) is 9.27. The summed E-state index contributed by atoms with van der Waals surface area (Å²) < 4.78 is 6.51. The molecule has 3 rings (SSSR count). The number of aryl methyl sites for hydroxylation is 1. The van der Waals surface area contributed by atoms with E-state index in [0.717, 1.165) is 32.3 Å². The molecule has 0 aliphatic carbocycles. The summed E-state index contributed by atoms with van der Waals surface area (Å²) in [7, 11) is 0. The second-order valence-electron chi connectivity index (χ2n) is 3.99. The molecule has 0 aliphatic rings. The first kappa shape index (κ1) is 10.5. The van der Waals surface area contributed by atoms with Crippen molar-refractivity contribution in [2.24, 2.45) is 0 Å². The lowest BCUT2D eigenvalue weighted by Gasteiger charge is -1.97. The van der Waals surface area contributed by atoms with E-state index in [1.807, 2.05) is 49.4 Å². The molecule has 0 atom stereocenters. The van der Waals surface area contributed by atoms with E-state index in [4.69, 9.17) is 4.52 Å². The number of fused-ring (bicyclic) bond motifs is 1. The van der Waals surface area contributed by atoms with Crippen LogP contribution in [0.4, 0.5) is 0 Å². The first-order chi connectivity index (χ1) is 8.25. The zero-order chi connectivity index (χ0) is 11.8. The molecule has 17 heavy (non-hydrogen) atoms. The average Bonchev–Trinajstić information content (AvgIpc) is 2.75. The molecule has 0 unspecified atom stereocenters. The second-order valence-corrected chi connectivity index (χ2v) is 4.91. The van der Waals surface area contributed by atoms with Crippen molar-refractivity contribution in [3.63, 3.8) is 0 Å². The molecule has 3 aromatic rings. The van der Waals surface area contributed by atoms with Gasteiger partial charge in [0.1, 0.15) is 5.52 Å². The van der Waals surface area contributed by atoms with Gasteiger partial charge in [0, 0.05) is 15.4 Å². The number of aromatic nitrogens is 1. The number of benzene rings is 2. The number of rotatable bonds is 1. The second kappa shape index (κ2) is 4.00. The monoisotopic (exact) mass is 287 g/mol. The van der Waals surface area contributed by atoms with Crippen LogP contribution in [0.5, 0.6) is 0 Å². The van der Waals surface area contributed by atoms with Gasteiger partial charge in [0.2, 0.25) is 0 Å². The standard InChI is InChI=1S/C14H10BrNO/c1-9-3-2-4-12-13(9)16-17-14(12)10-5-7-11(15)8-6-10/h2-8H,1H3. The third-order valence-electron chi connectivity index (χ3n) is 2.82. The van der Waals surface area contributed by atoms with E-state index in [9.17, 15) is 0 Å². The van der Waals surface area contributed by atoms with Crippen LogP contribution >= 0.6 is 15.9 Å². The lowest BCUT2D eigenvalue weighted by Crippen LogP contribution is -1.76. The fraction of sp³-hybridized carbons (Fsp3) is 0.0714. The van der Waals surface area contributed by atoms with Crippen molar-refractivity contribution in [3.8, 4) is 11.3 Å². The first-order valence-electron chi connectivity index (χ1n) is 5.36. The lowest BCUT2D eigenvalue weighted by atomic mass is 10.1. The smallest absolute Gasteiger partial charge is 0.174 e. The average molecular weight is 288 g/mol. The number of halogens is 1. The van der Waals surface area contributed by atoms with E-state index in [0.29, 0.717) is 0 Å². The Morgan fingerprint density at radius 2 is 1.82 bits per heavy atom. The molecule has 0 amide bonds. The third kappa shape index (κ3) is 1.76. The topological polar surface area (TPSA) is 26.0 Å². The Balaban J connectivity index is 2.24. The molecule has 2 nitrogen and oxygen atoms in total. The Morgan fingerprint density at radius 3 is 2.59 bits per heavy atom. The molecule has 0 fully saturated rings. The fourth-order valence-electron chi connectivity index (χ4n) is 1.91. The maximum atomic E-state index is 5.46. The molecular weight excluding hydrogens is 278 g/mol. The minimum absolute atomic E-state index is 0.830. The van der Waals surface area contributed by atoms with Gasteiger partial charge < -0.3 is 4.52 Å². The van der Waals surface area contributed by atoms with Crippen LogP contribution in [0.1, 0.15) is 5.56 Å². The predicted octanol–water partition coefficient (Wildman–Crippen LogP) is 4.57. The highest BCUT2D eigenvalue weighted by Gasteiger charge is 2.11. The van der Waals surface area contributed by atoms with Crippen molar-refractivity contribution in [2.45, 2.75) is 6.92 Å². The molecule has 0 radical (unpaired) electrons. The molecule has 0 bridgehead atoms. The highest BCUT2D eigenvalue weighted by molar-refractivity contribution is 9.10. The summed E-state index contributed by atoms with van der Waals surface area (Å²) in [6, 6.07) is 14.1. The SMILES string of the molecule is Cc1cccc2c(-c3ccc(Br)cc3)onc12. The third-order valence-corrected chi connectivity index (χ3v) is 3.35. The summed E-state index contributed by atoms with van der Waals surface area (Å²) in [4.78, 5) is 0. The minimum Gasteiger partial charge on any atom is -0.355 e. The Labute approximate surface area is 107 Å². The predicted molar refractivity (Wildman–Crippen MR) is 71.9 cm³/mol. The van der Waals surface area contributed by atoms with E-state index in [2.05, 4.69) is 21.1 Å². The van der Waals surface area contributed by atoms with Crippen molar-refractivity contribution in [2.75, 3.05) is 0 Å². The van der Waals surface area contributed by atoms with Gasteiger partial charge in [-0.1, -0.05) is 33.2 Å². The van der Waals surface area contributed by atoms with Gasteiger partial charge in [-0.2, -0.15) is 0 Å². The molecular formula is C14H10BrNO. The Bertz CT molecular complexity index is 670. The van der Waals surface area contributed by atoms with Crippen LogP contribution in [-0.4, -0.2) is 5.16 Å². The summed E-state index contributed by atoms with van der Waals surface area (Å²) in [6.07, 6.45) is 0. The maximum Gasteiger partial charge on any atom is 0.174 e. The normalized spacial score (nSPS) is 10.9. The minimum atomic E-state index is 0.830. The van der Waals surface area contributed by atoms with Gasteiger partial charge in [0.05, 0.1) is 0 Å². The van der Waals surface area contributed by atoms with Crippen LogP contribution in [-0.2, 0) is 0 Å². The van der Waals surface area contributed by atoms with Gasteiger partial charge in [-0.15, -0.1) is 0 Å². The van der Waals surface area contributed by atoms with Crippen LogP contribution in [0.3, 0.4) is 0 Å². The largest absolute Gasteiger partial charge is 0.355 e. The molecule has 0 N–H and O–H groups in total. The first-order valence-corrected chi connectivity index (χ1v) is 6.16. The number of hydrogen-bond donors (Lipinski definition) is 0. The van der Waals surface area contributed by atoms with E-state index in [1.165, 1.54) is 0 Å². The van der Waals surface area contributed by atoms with Crippen molar-refractivity contribution >= 4 is 26.8 Å². The molecule has 3 heteroatoms. The fourth-order valence-corrected chi connectivity index (χ4v) is 2.18. The molecule has 0 aliphatic heterocycles. The highest BCUT2D eigenvalue weighted by atomic mass is 79.9. The number of hydrogen-bond acceptors (Lipinski definition) is 2. The van der Waals surface area contributed by atoms with Crippen molar-refractivity contribution < 1.29 is 4.52 Å². The van der Waals surface area contributed by atoms with Crippen LogP contribution in [0.25, 0.3) is 22.2 Å². The Hall–Kier alpha value is -1.61. The van der Waals surface area contributed by atoms with E-state index in [-0.39, 0.29) is 0 Å². The summed E-state index contributed by atoms with van der Waals surface area (Å²) in [5, 5.41) is 5.19.